The first-order chi connectivity index (χ1) is 7.90. The fourth-order valence-electron chi connectivity index (χ4n) is 1.67. The van der Waals surface area contributed by atoms with Crippen LogP contribution >= 0.6 is 0 Å². The van der Waals surface area contributed by atoms with Crippen molar-refractivity contribution in [3.8, 4) is 0 Å². The van der Waals surface area contributed by atoms with Gasteiger partial charge in [-0.2, -0.15) is 0 Å². The second-order valence-electron chi connectivity index (χ2n) is 3.82. The highest BCUT2D eigenvalue weighted by molar-refractivity contribution is 5.93. The number of methoxy groups -OCH3 is 1. The molecule has 1 heterocycles. The topological polar surface area (TPSA) is 65.4 Å². The first-order valence-corrected chi connectivity index (χ1v) is 5.21. The van der Waals surface area contributed by atoms with Crippen molar-refractivity contribution >= 4 is 11.8 Å². The van der Waals surface area contributed by atoms with E-state index in [9.17, 15) is 14.4 Å². The van der Waals surface area contributed by atoms with E-state index in [2.05, 4.69) is 4.74 Å². The number of hydrogen-bond acceptors (Lipinski definition) is 4. The molecule has 1 rings (SSSR count). The molecule has 5 heteroatoms. The van der Waals surface area contributed by atoms with E-state index >= 15 is 0 Å². The molecule has 1 aromatic heterocycles. The minimum atomic E-state index is -0.744. The first-order valence-electron chi connectivity index (χ1n) is 5.21. The van der Waals surface area contributed by atoms with Crippen LogP contribution in [0.25, 0.3) is 0 Å². The summed E-state index contributed by atoms with van der Waals surface area (Å²) in [6.07, 6.45) is 0. The molecule has 0 saturated heterocycles. The predicted molar refractivity (Wildman–Crippen MR) is 62.2 cm³/mol. The second kappa shape index (κ2) is 4.95. The van der Waals surface area contributed by atoms with Crippen LogP contribution in [0.1, 0.15) is 35.9 Å². The maximum Gasteiger partial charge on any atom is 0.328 e. The van der Waals surface area contributed by atoms with Gasteiger partial charge in [0.2, 0.25) is 0 Å². The maximum absolute atomic E-state index is 12.0. The third-order valence-corrected chi connectivity index (χ3v) is 2.63. The molecule has 0 spiro atoms. The molecule has 92 valence electrons. The Kier molecular flexibility index (Phi) is 3.83. The number of Topliss-reactive ketones (excluding diaryl/α,β-unsaturated/α-hetero) is 1. The number of aryl methyl sites for hydroxylation is 1. The molecule has 1 unspecified atom stereocenters. The summed E-state index contributed by atoms with van der Waals surface area (Å²) in [5.74, 6) is -0.836. The number of nitrogens with zero attached hydrogens (tertiary/aromatic N) is 1. The third kappa shape index (κ3) is 2.43. The fourth-order valence-corrected chi connectivity index (χ4v) is 1.67. The maximum atomic E-state index is 12.0. The molecular weight excluding hydrogens is 222 g/mol. The molecular formula is C12H15NO4. The summed E-state index contributed by atoms with van der Waals surface area (Å²) in [6, 6.07) is 2.37. The molecule has 1 atom stereocenters. The van der Waals surface area contributed by atoms with Gasteiger partial charge in [0.05, 0.1) is 12.7 Å². The predicted octanol–water partition coefficient (Wildman–Crippen LogP) is 1.09. The van der Waals surface area contributed by atoms with Crippen molar-refractivity contribution in [3.63, 3.8) is 0 Å². The Balaban J connectivity index is 3.42. The van der Waals surface area contributed by atoms with Crippen LogP contribution in [0.5, 0.6) is 0 Å². The van der Waals surface area contributed by atoms with E-state index in [1.165, 1.54) is 24.7 Å². The van der Waals surface area contributed by atoms with Gasteiger partial charge in [-0.3, -0.25) is 14.2 Å². The Bertz CT molecular complexity index is 516. The lowest BCUT2D eigenvalue weighted by Gasteiger charge is -2.16. The number of rotatable bonds is 3. The lowest BCUT2D eigenvalue weighted by molar-refractivity contribution is -0.144. The summed E-state index contributed by atoms with van der Waals surface area (Å²) in [5.41, 5.74) is 0.222. The minimum Gasteiger partial charge on any atom is -0.467 e. The number of ether oxygens (including phenoxy) is 1. The number of carbonyl (C=O) groups excluding carboxylic acids is 2. The van der Waals surface area contributed by atoms with E-state index < -0.39 is 17.6 Å². The van der Waals surface area contributed by atoms with Crippen molar-refractivity contribution in [2.75, 3.05) is 7.11 Å². The van der Waals surface area contributed by atoms with Gasteiger partial charge in [0.1, 0.15) is 6.04 Å². The van der Waals surface area contributed by atoms with E-state index in [0.29, 0.717) is 5.69 Å². The van der Waals surface area contributed by atoms with Crippen LogP contribution in [0.2, 0.25) is 0 Å². The van der Waals surface area contributed by atoms with Crippen LogP contribution < -0.4 is 5.56 Å². The van der Waals surface area contributed by atoms with Crippen LogP contribution in [-0.2, 0) is 9.53 Å². The summed E-state index contributed by atoms with van der Waals surface area (Å²) in [4.78, 5) is 34.7. The van der Waals surface area contributed by atoms with Crippen LogP contribution in [0.15, 0.2) is 16.9 Å². The molecule has 0 aliphatic carbocycles. The van der Waals surface area contributed by atoms with Crippen molar-refractivity contribution < 1.29 is 14.3 Å². The normalized spacial score (nSPS) is 12.0. The molecule has 0 aromatic carbocycles. The van der Waals surface area contributed by atoms with E-state index in [-0.39, 0.29) is 11.3 Å². The van der Waals surface area contributed by atoms with Gasteiger partial charge >= 0.3 is 5.97 Å². The van der Waals surface area contributed by atoms with E-state index in [4.69, 9.17) is 0 Å². The molecule has 1 aromatic rings. The summed E-state index contributed by atoms with van der Waals surface area (Å²) in [5, 5.41) is 0. The molecule has 0 amide bonds. The molecule has 5 nitrogen and oxygen atoms in total. The zero-order chi connectivity index (χ0) is 13.2. The van der Waals surface area contributed by atoms with Gasteiger partial charge in [0.15, 0.2) is 5.78 Å². The molecule has 0 saturated carbocycles. The highest BCUT2D eigenvalue weighted by Crippen LogP contribution is 2.09. The third-order valence-electron chi connectivity index (χ3n) is 2.63. The highest BCUT2D eigenvalue weighted by atomic mass is 16.5. The molecule has 0 bridgehead atoms. The van der Waals surface area contributed by atoms with Crippen molar-refractivity contribution in [2.45, 2.75) is 26.8 Å². The van der Waals surface area contributed by atoms with Crippen molar-refractivity contribution in [3.05, 3.63) is 33.7 Å². The lowest BCUT2D eigenvalue weighted by Crippen LogP contribution is -2.33. The first kappa shape index (κ1) is 13.2. The molecule has 0 fully saturated rings. The SMILES string of the molecule is COC(=O)C(C)n1c(C)ccc(C(C)=O)c1=O. The number of esters is 1. The van der Waals surface area contributed by atoms with Crippen molar-refractivity contribution in [1.29, 1.82) is 0 Å². The number of carbonyl (C=O) groups is 2. The van der Waals surface area contributed by atoms with E-state index in [0.717, 1.165) is 0 Å². The Morgan fingerprint density at radius 3 is 2.41 bits per heavy atom. The second-order valence-corrected chi connectivity index (χ2v) is 3.82. The smallest absolute Gasteiger partial charge is 0.328 e. The van der Waals surface area contributed by atoms with Gasteiger partial charge in [-0.25, -0.2) is 4.79 Å². The quantitative estimate of drug-likeness (QED) is 0.583. The Hall–Kier alpha value is -1.91. The molecule has 0 N–H and O–H groups in total. The van der Waals surface area contributed by atoms with Gasteiger partial charge in [0, 0.05) is 5.69 Å². The molecule has 0 radical (unpaired) electrons. The summed E-state index contributed by atoms with van der Waals surface area (Å²) >= 11 is 0. The fraction of sp³-hybridized carbons (Fsp3) is 0.417. The van der Waals surface area contributed by atoms with Crippen LogP contribution in [-0.4, -0.2) is 23.4 Å². The molecule has 17 heavy (non-hydrogen) atoms. The lowest BCUT2D eigenvalue weighted by atomic mass is 10.1. The van der Waals surface area contributed by atoms with E-state index in [1.807, 2.05) is 0 Å². The van der Waals surface area contributed by atoms with Gasteiger partial charge in [-0.15, -0.1) is 0 Å². The summed E-state index contributed by atoms with van der Waals surface area (Å²) < 4.78 is 5.86. The Morgan fingerprint density at radius 1 is 1.35 bits per heavy atom. The van der Waals surface area contributed by atoms with Crippen molar-refractivity contribution in [1.82, 2.24) is 4.57 Å². The standard InChI is InChI=1S/C12H15NO4/c1-7-5-6-10(9(3)14)11(15)13(7)8(2)12(16)17-4/h5-6,8H,1-4H3. The van der Waals surface area contributed by atoms with Crippen LogP contribution in [0.3, 0.4) is 0 Å². The van der Waals surface area contributed by atoms with Gasteiger partial charge < -0.3 is 4.74 Å². The molecule has 0 aliphatic rings. The number of ketones is 1. The van der Waals surface area contributed by atoms with Gasteiger partial charge in [-0.1, -0.05) is 0 Å². The number of hydrogen-bond donors (Lipinski definition) is 0. The summed E-state index contributed by atoms with van der Waals surface area (Å²) in [7, 11) is 1.26. The van der Waals surface area contributed by atoms with Gasteiger partial charge in [-0.05, 0) is 32.9 Å². The van der Waals surface area contributed by atoms with Crippen LogP contribution in [0, 0.1) is 6.92 Å². The minimum absolute atomic E-state index is 0.0753. The van der Waals surface area contributed by atoms with Crippen molar-refractivity contribution in [2.24, 2.45) is 0 Å². The largest absolute Gasteiger partial charge is 0.467 e. The average molecular weight is 237 g/mol. The number of pyridine rings is 1. The average Bonchev–Trinajstić information content (AvgIpc) is 2.27. The number of aromatic nitrogens is 1. The van der Waals surface area contributed by atoms with Gasteiger partial charge in [0.25, 0.3) is 5.56 Å². The Morgan fingerprint density at radius 2 is 1.94 bits per heavy atom. The zero-order valence-corrected chi connectivity index (χ0v) is 10.3. The molecule has 0 aliphatic heterocycles. The highest BCUT2D eigenvalue weighted by Gasteiger charge is 2.20. The Labute approximate surface area is 99.0 Å². The summed E-state index contributed by atoms with van der Waals surface area (Å²) in [6.45, 7) is 4.58. The monoisotopic (exact) mass is 237 g/mol. The van der Waals surface area contributed by atoms with Crippen LogP contribution in [0.4, 0.5) is 0 Å². The van der Waals surface area contributed by atoms with E-state index in [1.54, 1.807) is 19.9 Å². The zero-order valence-electron chi connectivity index (χ0n) is 10.3.